The summed E-state index contributed by atoms with van der Waals surface area (Å²) in [5.41, 5.74) is 1.20. The molecule has 28 heavy (non-hydrogen) atoms. The molecule has 0 radical (unpaired) electrons. The van der Waals surface area contributed by atoms with Gasteiger partial charge in [0.25, 0.3) is 5.91 Å². The number of hydrogen-bond donors (Lipinski definition) is 0. The Balaban J connectivity index is 1.34. The lowest BCUT2D eigenvalue weighted by molar-refractivity contribution is -0.133. The minimum atomic E-state index is -0.419. The van der Waals surface area contributed by atoms with Crippen LogP contribution in [-0.4, -0.2) is 78.8 Å². The number of benzene rings is 1. The summed E-state index contributed by atoms with van der Waals surface area (Å²) >= 11 is 0. The fraction of sp³-hybridized carbons (Fsp3) is 0.545. The highest BCUT2D eigenvalue weighted by molar-refractivity contribution is 5.98. The molecule has 1 saturated carbocycles. The molecule has 1 aliphatic carbocycles. The Labute approximate surface area is 165 Å². The van der Waals surface area contributed by atoms with E-state index >= 15 is 0 Å². The van der Waals surface area contributed by atoms with Crippen LogP contribution in [0.3, 0.4) is 0 Å². The Morgan fingerprint density at radius 2 is 2.11 bits per heavy atom. The number of rotatable bonds is 3. The van der Waals surface area contributed by atoms with Crippen molar-refractivity contribution < 1.29 is 14.3 Å². The molecule has 148 valence electrons. The van der Waals surface area contributed by atoms with Gasteiger partial charge in [-0.3, -0.25) is 14.7 Å². The van der Waals surface area contributed by atoms with E-state index in [-0.39, 0.29) is 5.91 Å². The van der Waals surface area contributed by atoms with Gasteiger partial charge in [-0.15, -0.1) is 0 Å². The van der Waals surface area contributed by atoms with Gasteiger partial charge >= 0.3 is 0 Å². The SMILES string of the molecule is O=C(c1ccc2ncccc2c1)N1CCO[C@]2(COCCN(CC3CC3)C2)C1. The molecule has 0 N–H and O–H groups in total. The first-order valence-electron chi connectivity index (χ1n) is 10.3. The zero-order chi connectivity index (χ0) is 19.0. The molecule has 2 aromatic rings. The smallest absolute Gasteiger partial charge is 0.254 e. The van der Waals surface area contributed by atoms with Crippen LogP contribution in [-0.2, 0) is 9.47 Å². The van der Waals surface area contributed by atoms with Gasteiger partial charge in [-0.2, -0.15) is 0 Å². The number of fused-ring (bicyclic) bond motifs is 1. The Kier molecular flexibility index (Phi) is 4.78. The zero-order valence-electron chi connectivity index (χ0n) is 16.2. The molecule has 1 spiro atoms. The molecular formula is C22H27N3O3. The van der Waals surface area contributed by atoms with Crippen molar-refractivity contribution in [2.24, 2.45) is 5.92 Å². The van der Waals surface area contributed by atoms with E-state index in [1.165, 1.54) is 12.8 Å². The highest BCUT2D eigenvalue weighted by Crippen LogP contribution is 2.31. The number of hydrogen-bond acceptors (Lipinski definition) is 5. The van der Waals surface area contributed by atoms with E-state index in [1.807, 2.05) is 35.2 Å². The summed E-state index contributed by atoms with van der Waals surface area (Å²) < 4.78 is 12.1. The largest absolute Gasteiger partial charge is 0.377 e. The number of ether oxygens (including phenoxy) is 2. The minimum absolute atomic E-state index is 0.0615. The zero-order valence-corrected chi connectivity index (χ0v) is 16.2. The summed E-state index contributed by atoms with van der Waals surface area (Å²) in [6.07, 6.45) is 4.45. The van der Waals surface area contributed by atoms with Gasteiger partial charge in [-0.25, -0.2) is 0 Å². The summed E-state index contributed by atoms with van der Waals surface area (Å²) in [6.45, 7) is 5.97. The molecule has 2 saturated heterocycles. The van der Waals surface area contributed by atoms with Crippen molar-refractivity contribution in [3.8, 4) is 0 Å². The van der Waals surface area contributed by atoms with E-state index < -0.39 is 5.60 Å². The maximum Gasteiger partial charge on any atom is 0.254 e. The van der Waals surface area contributed by atoms with Crippen LogP contribution in [0, 0.1) is 5.92 Å². The van der Waals surface area contributed by atoms with Crippen molar-refractivity contribution in [2.75, 3.05) is 52.5 Å². The van der Waals surface area contributed by atoms with Crippen LogP contribution in [0.2, 0.25) is 0 Å². The molecule has 6 nitrogen and oxygen atoms in total. The van der Waals surface area contributed by atoms with Crippen LogP contribution in [0.4, 0.5) is 0 Å². The number of carbonyl (C=O) groups is 1. The Hall–Kier alpha value is -2.02. The number of carbonyl (C=O) groups excluding carboxylic acids is 1. The molecule has 3 heterocycles. The first kappa shape index (κ1) is 18.0. The van der Waals surface area contributed by atoms with Gasteiger partial charge in [0.1, 0.15) is 5.60 Å². The van der Waals surface area contributed by atoms with E-state index in [9.17, 15) is 4.79 Å². The van der Waals surface area contributed by atoms with Crippen molar-refractivity contribution in [1.82, 2.24) is 14.8 Å². The van der Waals surface area contributed by atoms with Crippen molar-refractivity contribution >= 4 is 16.8 Å². The van der Waals surface area contributed by atoms with Gasteiger partial charge in [0.15, 0.2) is 0 Å². The molecule has 6 heteroatoms. The number of nitrogens with zero attached hydrogens (tertiary/aromatic N) is 3. The summed E-state index contributed by atoms with van der Waals surface area (Å²) in [5, 5.41) is 0.990. The molecular weight excluding hydrogens is 354 g/mol. The van der Waals surface area contributed by atoms with Gasteiger partial charge in [0.2, 0.25) is 0 Å². The van der Waals surface area contributed by atoms with Crippen molar-refractivity contribution in [1.29, 1.82) is 0 Å². The highest BCUT2D eigenvalue weighted by atomic mass is 16.5. The normalized spacial score (nSPS) is 26.5. The third-order valence-corrected chi connectivity index (χ3v) is 6.03. The Morgan fingerprint density at radius 3 is 3.00 bits per heavy atom. The minimum Gasteiger partial charge on any atom is -0.377 e. The van der Waals surface area contributed by atoms with Gasteiger partial charge in [0, 0.05) is 43.3 Å². The molecule has 3 fully saturated rings. The summed E-state index contributed by atoms with van der Waals surface area (Å²) in [4.78, 5) is 22.0. The first-order chi connectivity index (χ1) is 13.7. The monoisotopic (exact) mass is 381 g/mol. The van der Waals surface area contributed by atoms with Crippen LogP contribution < -0.4 is 0 Å². The second-order valence-corrected chi connectivity index (χ2v) is 8.40. The van der Waals surface area contributed by atoms with Crippen molar-refractivity contribution in [3.63, 3.8) is 0 Å². The van der Waals surface area contributed by atoms with Crippen molar-refractivity contribution in [2.45, 2.75) is 18.4 Å². The lowest BCUT2D eigenvalue weighted by Gasteiger charge is -2.43. The Bertz CT molecular complexity index is 869. The standard InChI is InChI=1S/C22H27N3O3/c26-21(19-5-6-20-18(12-19)2-1-7-23-20)25-9-11-28-22(15-25)14-24(8-10-27-16-22)13-17-3-4-17/h1-2,5-7,12,17H,3-4,8-11,13-16H2/t22-/m0/s1. The highest BCUT2D eigenvalue weighted by Gasteiger charge is 2.42. The van der Waals surface area contributed by atoms with Gasteiger partial charge < -0.3 is 14.4 Å². The number of pyridine rings is 1. The molecule has 5 rings (SSSR count). The van der Waals surface area contributed by atoms with Gasteiger partial charge in [0.05, 0.1) is 31.9 Å². The van der Waals surface area contributed by atoms with Crippen LogP contribution in [0.5, 0.6) is 0 Å². The molecule has 0 bridgehead atoms. The molecule has 2 aliphatic heterocycles. The average molecular weight is 381 g/mol. The second kappa shape index (κ2) is 7.43. The third kappa shape index (κ3) is 3.77. The third-order valence-electron chi connectivity index (χ3n) is 6.03. The van der Waals surface area contributed by atoms with Crippen molar-refractivity contribution in [3.05, 3.63) is 42.1 Å². The summed E-state index contributed by atoms with van der Waals surface area (Å²) in [5.74, 6) is 0.897. The average Bonchev–Trinajstić information content (AvgIpc) is 3.56. The molecule has 1 atom stereocenters. The van der Waals surface area contributed by atoms with E-state index in [4.69, 9.17) is 9.47 Å². The summed E-state index contributed by atoms with van der Waals surface area (Å²) in [6, 6.07) is 9.63. The lowest BCUT2D eigenvalue weighted by atomic mass is 10.0. The topological polar surface area (TPSA) is 54.9 Å². The van der Waals surface area contributed by atoms with Crippen LogP contribution >= 0.6 is 0 Å². The fourth-order valence-electron chi connectivity index (χ4n) is 4.40. The van der Waals surface area contributed by atoms with Gasteiger partial charge in [-0.1, -0.05) is 6.07 Å². The lowest BCUT2D eigenvalue weighted by Crippen LogP contribution is -2.60. The van der Waals surface area contributed by atoms with Crippen LogP contribution in [0.25, 0.3) is 10.9 Å². The molecule has 1 aromatic heterocycles. The van der Waals surface area contributed by atoms with Crippen LogP contribution in [0.1, 0.15) is 23.2 Å². The second-order valence-electron chi connectivity index (χ2n) is 8.40. The maximum absolute atomic E-state index is 13.2. The van der Waals surface area contributed by atoms with E-state index in [2.05, 4.69) is 9.88 Å². The Morgan fingerprint density at radius 1 is 1.18 bits per heavy atom. The first-order valence-corrected chi connectivity index (χ1v) is 10.3. The molecule has 1 amide bonds. The molecule has 3 aliphatic rings. The number of amides is 1. The maximum atomic E-state index is 13.2. The number of morpholine rings is 1. The molecule has 1 aromatic carbocycles. The van der Waals surface area contributed by atoms with E-state index in [0.717, 1.165) is 43.1 Å². The van der Waals surface area contributed by atoms with Crippen LogP contribution in [0.15, 0.2) is 36.5 Å². The van der Waals surface area contributed by atoms with Gasteiger partial charge in [-0.05, 0) is 43.0 Å². The fourth-order valence-corrected chi connectivity index (χ4v) is 4.40. The predicted octanol–water partition coefficient (Wildman–Crippen LogP) is 2.19. The summed E-state index contributed by atoms with van der Waals surface area (Å²) in [7, 11) is 0. The van der Waals surface area contributed by atoms with E-state index in [0.29, 0.717) is 31.9 Å². The number of aromatic nitrogens is 1. The predicted molar refractivity (Wildman–Crippen MR) is 106 cm³/mol. The quantitative estimate of drug-likeness (QED) is 0.816. The van der Waals surface area contributed by atoms with E-state index in [1.54, 1.807) is 6.20 Å². The molecule has 0 unspecified atom stereocenters.